The Morgan fingerprint density at radius 1 is 0.592 bits per heavy atom. The van der Waals surface area contributed by atoms with Crippen LogP contribution in [-0.4, -0.2) is 303 Å². The van der Waals surface area contributed by atoms with E-state index in [9.17, 15) is 78.0 Å². The van der Waals surface area contributed by atoms with Gasteiger partial charge in [-0.3, -0.25) is 81.5 Å². The number of carbonyl (C=O) groups is 17. The van der Waals surface area contributed by atoms with E-state index < -0.39 is 267 Å². The Labute approximate surface area is 752 Å². The number of ketones is 1. The second-order valence-corrected chi connectivity index (χ2v) is 33.6. The minimum absolute atomic E-state index is 0.000867. The zero-order chi connectivity index (χ0) is 94.7. The summed E-state index contributed by atoms with van der Waals surface area (Å²) >= 11 is 0.753. The number of fused-ring (bicyclic) bond motifs is 5. The largest absolute Gasteiger partial charge is 0.508 e. The van der Waals surface area contributed by atoms with Crippen molar-refractivity contribution in [3.05, 3.63) is 120 Å². The highest BCUT2D eigenvalue weighted by Crippen LogP contribution is 2.32. The van der Waals surface area contributed by atoms with Crippen molar-refractivity contribution in [3.8, 4) is 5.75 Å². The van der Waals surface area contributed by atoms with Gasteiger partial charge in [-0.1, -0.05) is 112 Å². The monoisotopic (exact) mass is 1820 g/mol. The number of aromatic hydroxyl groups is 1. The highest BCUT2D eigenvalue weighted by Gasteiger charge is 2.46. The highest BCUT2D eigenvalue weighted by molar-refractivity contribution is 8.00. The zero-order valence-corrected chi connectivity index (χ0v) is 73.7. The van der Waals surface area contributed by atoms with E-state index in [0.717, 1.165) is 42.1 Å². The van der Waals surface area contributed by atoms with Gasteiger partial charge in [0.05, 0.1) is 43.5 Å². The smallest absolute Gasteiger partial charge is 0.303 e. The standard InChI is InChI=1S/C86H116N22O21S/c1-6-8-22-65-81(124)97-62(39-88)79(122)100-64(77(120)92-41-71(90)114)44-130-45-72(115)93-59(32-47-25-27-52(110)28-26-47)83(126)104(4)46(3)75(118)96-60(37-70(89)113)85(128)106-31-15-24-66(106)82(125)98-61(38-87)78(121)94-57(29-30-73(116)117)84(127)107-42-53(111)36-68(107)69(112)35-50(33-51-40-91-56-21-13-12-20-55(51)56)76(119)99-63(43-109)80(123)95-58(34-49-18-14-17-48-16-10-11-19-54(48)49)74-101-102-103-108(74)67(23-9-7-2)86(129)105(65)5/h10-14,16-21,25-28,40,46,50,53,57-68,91,109-111H,6-9,15,22-24,29-39,41-45,87-88H2,1-5H3,(H2,89,113)(H2,90,114)(H,92,120)(H,93,115)(H,94,121)(H,95,123)(H,96,118)(H,97,124)(H,98,125)(H,99,119)(H,100,122)(H,116,117)/t46-,50+,53+,57-,58-,59-,60-,61-,62-,63-,64-,65-,66-,67-,68-/m0/s1. The number of amides is 15. The van der Waals surface area contributed by atoms with Crippen LogP contribution < -0.4 is 70.8 Å². The fourth-order valence-corrected chi connectivity index (χ4v) is 16.9. The van der Waals surface area contributed by atoms with Crippen LogP contribution >= 0.6 is 11.8 Å². The molecule has 0 unspecified atom stereocenters. The molecule has 3 aliphatic heterocycles. The molecule has 4 aromatic carbocycles. The quantitative estimate of drug-likeness (QED) is 0.0295. The Bertz CT molecular complexity index is 5090. The molecule has 43 nitrogen and oxygen atoms in total. The van der Waals surface area contributed by atoms with Crippen LogP contribution in [0.2, 0.25) is 0 Å². The molecule has 0 saturated carbocycles. The molecule has 3 aliphatic rings. The number of thioether (sulfide) groups is 1. The van der Waals surface area contributed by atoms with Gasteiger partial charge in [0.2, 0.25) is 88.6 Å². The van der Waals surface area contributed by atoms with Crippen molar-refractivity contribution >= 4 is 134 Å². The number of phenols is 1. The molecule has 5 heterocycles. The first kappa shape index (κ1) is 101. The molecule has 0 radical (unpaired) electrons. The van der Waals surface area contributed by atoms with Crippen LogP contribution in [0.5, 0.6) is 5.75 Å². The number of benzene rings is 4. The van der Waals surface area contributed by atoms with E-state index in [4.69, 9.17) is 22.9 Å². The van der Waals surface area contributed by atoms with Crippen LogP contribution in [0, 0.1) is 5.92 Å². The Morgan fingerprint density at radius 2 is 1.21 bits per heavy atom. The number of aliphatic carboxylic acids is 1. The summed E-state index contributed by atoms with van der Waals surface area (Å²) in [5.74, 6) is -19.7. The lowest BCUT2D eigenvalue weighted by molar-refractivity contribution is -0.145. The zero-order valence-electron chi connectivity index (χ0n) is 72.9. The lowest BCUT2D eigenvalue weighted by Crippen LogP contribution is -2.61. The second-order valence-electron chi connectivity index (χ2n) is 32.6. The number of aromatic nitrogens is 5. The molecular weight excluding hydrogens is 1710 g/mol. The first-order chi connectivity index (χ1) is 62.1. The number of likely N-dealkylation sites (N-methyl/N-ethyl adjacent to an activating group) is 2. The van der Waals surface area contributed by atoms with Gasteiger partial charge in [-0.05, 0) is 102 Å². The Morgan fingerprint density at radius 3 is 1.88 bits per heavy atom. The molecule has 0 bridgehead atoms. The van der Waals surface area contributed by atoms with Gasteiger partial charge in [0.15, 0.2) is 11.6 Å². The number of Topliss-reactive ketones (excluding diaryl/α,β-unsaturated/α-hetero) is 1. The van der Waals surface area contributed by atoms with Crippen molar-refractivity contribution in [2.75, 3.05) is 64.9 Å². The van der Waals surface area contributed by atoms with Gasteiger partial charge in [0.25, 0.3) is 0 Å². The minimum Gasteiger partial charge on any atom is -0.508 e. The molecule has 15 atom stereocenters. The van der Waals surface area contributed by atoms with Gasteiger partial charge in [-0.15, -0.1) is 16.9 Å². The SMILES string of the molecule is CCCC[C@H]1C(=O)N[C@@H](CN)C(=O)N[C@H](C(=O)NCC(N)=O)CSCC(=O)N[C@@H](Cc2ccc(O)cc2)C(=O)N(C)[C@@H](C)C(=O)N[C@@H](CC(N)=O)C(=O)N2CCC[C@H]2C(=O)N[C@@H](CN)C(=O)N[C@@H](CCC(=O)O)C(=O)N2C[C@H](O)C[C@H]2C(=O)C[C@@H](Cc2c[nH]c3ccccc23)C(=O)N[C@@H](CO)C(=O)N[C@@H](Cc2cccc3ccccc23)c2nnnn2[C@@H](CCCC)C(=O)N1C. The van der Waals surface area contributed by atoms with Crippen molar-refractivity contribution in [2.24, 2.45) is 28.9 Å². The van der Waals surface area contributed by atoms with Gasteiger partial charge >= 0.3 is 5.97 Å². The number of hydrogen-bond donors (Lipinski definition) is 18. The molecule has 2 fully saturated rings. The normalized spacial score (nSPS) is 25.1. The fraction of sp³-hybridized carbons (Fsp3) is 0.512. The number of tetrazole rings is 1. The predicted octanol–water partition coefficient (Wildman–Crippen LogP) is -3.59. The number of aliphatic hydroxyl groups is 2. The van der Waals surface area contributed by atoms with E-state index in [1.807, 2.05) is 38.1 Å². The van der Waals surface area contributed by atoms with E-state index in [2.05, 4.69) is 68.4 Å². The van der Waals surface area contributed by atoms with Gasteiger partial charge in [0, 0.05) is 101 Å². The van der Waals surface area contributed by atoms with E-state index >= 15 is 24.0 Å². The number of nitrogens with one attached hydrogen (secondary N) is 10. The third-order valence-corrected chi connectivity index (χ3v) is 24.3. The maximum atomic E-state index is 15.6. The number of carboxylic acid groups (broad SMARTS) is 1. The number of nitrogens with zero attached hydrogens (tertiary/aromatic N) is 8. The maximum Gasteiger partial charge on any atom is 0.303 e. The van der Waals surface area contributed by atoms with Gasteiger partial charge in [-0.2, -0.15) is 0 Å². The van der Waals surface area contributed by atoms with Crippen molar-refractivity contribution in [3.63, 3.8) is 0 Å². The number of nitrogens with two attached hydrogens (primary N) is 4. The summed E-state index contributed by atoms with van der Waals surface area (Å²) in [6.07, 6.45) is -2.02. The maximum absolute atomic E-state index is 15.6. The molecule has 15 amide bonds. The number of hydrogen-bond acceptors (Lipinski definition) is 26. The van der Waals surface area contributed by atoms with Gasteiger partial charge < -0.3 is 116 Å². The lowest BCUT2D eigenvalue weighted by atomic mass is 9.90. The number of rotatable bonds is 23. The first-order valence-electron chi connectivity index (χ1n) is 43.1. The third-order valence-electron chi connectivity index (χ3n) is 23.3. The summed E-state index contributed by atoms with van der Waals surface area (Å²) in [4.78, 5) is 251. The second kappa shape index (κ2) is 47.8. The van der Waals surface area contributed by atoms with E-state index in [-0.39, 0.29) is 63.1 Å². The highest BCUT2D eigenvalue weighted by atomic mass is 32.2. The number of aliphatic hydroxyl groups excluding tert-OH is 2. The van der Waals surface area contributed by atoms with E-state index in [1.165, 1.54) is 50.0 Å². The van der Waals surface area contributed by atoms with Crippen LogP contribution in [0.25, 0.3) is 21.7 Å². The molecule has 702 valence electrons. The molecule has 2 aromatic heterocycles. The van der Waals surface area contributed by atoms with E-state index in [0.29, 0.717) is 53.3 Å². The molecule has 130 heavy (non-hydrogen) atoms. The summed E-state index contributed by atoms with van der Waals surface area (Å²) in [5, 5.41) is 80.8. The number of carboxylic acids is 1. The molecule has 2 saturated heterocycles. The van der Waals surface area contributed by atoms with Crippen molar-refractivity contribution in [1.82, 2.24) is 92.6 Å². The summed E-state index contributed by atoms with van der Waals surface area (Å²) in [5.41, 5.74) is 25.5. The molecule has 6 aromatic rings. The summed E-state index contributed by atoms with van der Waals surface area (Å²) in [6, 6.07) is 4.76. The average Bonchev–Trinajstić information content (AvgIpc) is 1.43. The van der Waals surface area contributed by atoms with E-state index in [1.54, 1.807) is 48.7 Å². The molecule has 9 rings (SSSR count). The van der Waals surface area contributed by atoms with Gasteiger partial charge in [-0.25, -0.2) is 4.68 Å². The number of para-hydroxylation sites is 1. The summed E-state index contributed by atoms with van der Waals surface area (Å²) in [7, 11) is 2.55. The molecule has 44 heteroatoms. The van der Waals surface area contributed by atoms with Crippen molar-refractivity contribution in [2.45, 2.75) is 208 Å². The number of carbonyl (C=O) groups excluding carboxylic acids is 16. The molecule has 22 N–H and O–H groups in total. The van der Waals surface area contributed by atoms with Crippen LogP contribution in [0.4, 0.5) is 0 Å². The Balaban J connectivity index is 1.09. The fourth-order valence-electron chi connectivity index (χ4n) is 16.0. The number of H-pyrrole nitrogens is 1. The topological polar surface area (TPSA) is 656 Å². The lowest BCUT2D eigenvalue weighted by Gasteiger charge is -2.32. The predicted molar refractivity (Wildman–Crippen MR) is 470 cm³/mol. The number of unbranched alkanes of at least 4 members (excludes halogenated alkanes) is 2. The number of primary amides is 2. The average molecular weight is 1830 g/mol. The number of aromatic amines is 1. The Kier molecular flexibility index (Phi) is 37.0. The van der Waals surface area contributed by atoms with Crippen LogP contribution in [0.3, 0.4) is 0 Å². The number of phenolic OH excluding ortho intramolecular Hbond substituents is 1. The van der Waals surface area contributed by atoms with Crippen LogP contribution in [0.15, 0.2) is 97.2 Å². The Hall–Kier alpha value is -13.1. The first-order valence-corrected chi connectivity index (χ1v) is 44.2. The van der Waals surface area contributed by atoms with Crippen LogP contribution in [-0.2, 0) is 101 Å². The summed E-state index contributed by atoms with van der Waals surface area (Å²) < 4.78 is 1.21. The molecule has 0 aliphatic carbocycles. The minimum atomic E-state index is -1.83. The molecular formula is C86H116N22O21S. The van der Waals surface area contributed by atoms with Crippen LogP contribution in [0.1, 0.15) is 139 Å². The third kappa shape index (κ3) is 26.8. The van der Waals surface area contributed by atoms with Crippen molar-refractivity contribution in [1.29, 1.82) is 0 Å². The molecule has 0 spiro atoms. The van der Waals surface area contributed by atoms with Crippen molar-refractivity contribution < 1.29 is 102 Å². The summed E-state index contributed by atoms with van der Waals surface area (Å²) in [6.45, 7) is 1.16. The van der Waals surface area contributed by atoms with Gasteiger partial charge in [0.1, 0.15) is 72.2 Å².